The van der Waals surface area contributed by atoms with E-state index in [-0.39, 0.29) is 0 Å². The fraction of sp³-hybridized carbons (Fsp3) is 0.421. The quantitative estimate of drug-likeness (QED) is 0.862. The summed E-state index contributed by atoms with van der Waals surface area (Å²) in [5, 5.41) is 0. The van der Waals surface area contributed by atoms with Crippen LogP contribution in [-0.2, 0) is 4.79 Å². The smallest absolute Gasteiger partial charge is 0.161 e. The van der Waals surface area contributed by atoms with Crippen molar-refractivity contribution < 1.29 is 9.53 Å². The second kappa shape index (κ2) is 6.99. The maximum absolute atomic E-state index is 11.5. The summed E-state index contributed by atoms with van der Waals surface area (Å²) < 4.78 is 5.21. The van der Waals surface area contributed by atoms with Gasteiger partial charge in [0.1, 0.15) is 17.4 Å². The van der Waals surface area contributed by atoms with Gasteiger partial charge in [-0.2, -0.15) is 0 Å². The molecule has 1 aliphatic heterocycles. The Kier molecular flexibility index (Phi) is 4.79. The molecule has 0 aliphatic carbocycles. The van der Waals surface area contributed by atoms with E-state index >= 15 is 0 Å². The molecule has 3 rings (SSSR count). The van der Waals surface area contributed by atoms with Gasteiger partial charge >= 0.3 is 0 Å². The summed E-state index contributed by atoms with van der Waals surface area (Å²) in [4.78, 5) is 23.2. The maximum Gasteiger partial charge on any atom is 0.161 e. The number of carbonyl (C=O) groups excluding carboxylic acids is 1. The zero-order valence-corrected chi connectivity index (χ0v) is 14.5. The molecule has 0 saturated carbocycles. The lowest BCUT2D eigenvalue weighted by atomic mass is 10.1. The molecule has 0 bridgehead atoms. The van der Waals surface area contributed by atoms with Gasteiger partial charge in [-0.05, 0) is 30.2 Å². The van der Waals surface area contributed by atoms with E-state index in [9.17, 15) is 4.79 Å². The normalized spacial score (nSPS) is 15.0. The number of Topliss-reactive ketones (excluding diaryl/α,β-unsaturated/α-hetero) is 1. The summed E-state index contributed by atoms with van der Waals surface area (Å²) in [6, 6.07) is 9.83. The van der Waals surface area contributed by atoms with Gasteiger partial charge in [0.25, 0.3) is 0 Å². The lowest BCUT2D eigenvalue weighted by molar-refractivity contribution is -0.119. The number of ketones is 1. The fourth-order valence-electron chi connectivity index (χ4n) is 2.76. The largest absolute Gasteiger partial charge is 0.497 e. The molecule has 2 aromatic rings. The SMILES string of the molecule is COc1ccc(-c2nc(C(C)C)cc(N3CCC(=O)CC3)n2)cc1. The molecule has 1 aromatic carbocycles. The molecule has 1 aliphatic rings. The number of aromatic nitrogens is 2. The lowest BCUT2D eigenvalue weighted by Crippen LogP contribution is -2.34. The van der Waals surface area contributed by atoms with Gasteiger partial charge < -0.3 is 9.64 Å². The molecule has 1 fully saturated rings. The summed E-state index contributed by atoms with van der Waals surface area (Å²) in [7, 11) is 1.65. The van der Waals surface area contributed by atoms with Crippen LogP contribution in [0.3, 0.4) is 0 Å². The molecule has 5 heteroatoms. The average molecular weight is 325 g/mol. The van der Waals surface area contributed by atoms with Crippen LogP contribution in [0.4, 0.5) is 5.82 Å². The van der Waals surface area contributed by atoms with Gasteiger partial charge in [0.05, 0.1) is 7.11 Å². The Labute approximate surface area is 142 Å². The number of methoxy groups -OCH3 is 1. The van der Waals surface area contributed by atoms with Gasteiger partial charge in [-0.3, -0.25) is 4.79 Å². The van der Waals surface area contributed by atoms with Crippen molar-refractivity contribution in [2.24, 2.45) is 0 Å². The number of nitrogens with zero attached hydrogens (tertiary/aromatic N) is 3. The monoisotopic (exact) mass is 325 g/mol. The van der Waals surface area contributed by atoms with Crippen molar-refractivity contribution in [3.63, 3.8) is 0 Å². The summed E-state index contributed by atoms with van der Waals surface area (Å²) in [6.07, 6.45) is 1.19. The van der Waals surface area contributed by atoms with Crippen LogP contribution < -0.4 is 9.64 Å². The summed E-state index contributed by atoms with van der Waals surface area (Å²) in [6.45, 7) is 5.72. The first kappa shape index (κ1) is 16.4. The Balaban J connectivity index is 1.97. The van der Waals surface area contributed by atoms with Crippen molar-refractivity contribution in [1.29, 1.82) is 0 Å². The average Bonchev–Trinajstić information content (AvgIpc) is 2.62. The zero-order valence-electron chi connectivity index (χ0n) is 14.5. The predicted octanol–water partition coefficient (Wildman–Crippen LogP) is 3.44. The van der Waals surface area contributed by atoms with Gasteiger partial charge in [-0.15, -0.1) is 0 Å². The molecule has 1 aromatic heterocycles. The second-order valence-corrected chi connectivity index (χ2v) is 6.38. The molecule has 0 unspecified atom stereocenters. The van der Waals surface area contributed by atoms with Crippen LogP contribution in [0.2, 0.25) is 0 Å². The zero-order chi connectivity index (χ0) is 17.1. The van der Waals surface area contributed by atoms with E-state index in [1.165, 1.54) is 0 Å². The molecular formula is C19H23N3O2. The molecule has 0 radical (unpaired) electrons. The first-order valence-corrected chi connectivity index (χ1v) is 8.37. The fourth-order valence-corrected chi connectivity index (χ4v) is 2.76. The van der Waals surface area contributed by atoms with Crippen LogP contribution in [0.1, 0.15) is 38.3 Å². The first-order chi connectivity index (χ1) is 11.6. The van der Waals surface area contributed by atoms with E-state index in [1.807, 2.05) is 30.3 Å². The van der Waals surface area contributed by atoms with Crippen LogP contribution >= 0.6 is 0 Å². The molecule has 2 heterocycles. The van der Waals surface area contributed by atoms with Crippen molar-refractivity contribution in [3.8, 4) is 17.1 Å². The third-order valence-electron chi connectivity index (χ3n) is 4.32. The lowest BCUT2D eigenvalue weighted by Gasteiger charge is -2.28. The standard InChI is InChI=1S/C19H23N3O2/c1-13(2)17-12-18(22-10-8-15(23)9-11-22)21-19(20-17)14-4-6-16(24-3)7-5-14/h4-7,12-13H,8-11H2,1-3H3. The van der Waals surface area contributed by atoms with E-state index < -0.39 is 0 Å². The van der Waals surface area contributed by atoms with Crippen molar-refractivity contribution in [2.45, 2.75) is 32.6 Å². The Morgan fingerprint density at radius 1 is 1.08 bits per heavy atom. The highest BCUT2D eigenvalue weighted by Gasteiger charge is 2.19. The van der Waals surface area contributed by atoms with Crippen molar-refractivity contribution >= 4 is 11.6 Å². The van der Waals surface area contributed by atoms with Gasteiger partial charge in [-0.25, -0.2) is 9.97 Å². The van der Waals surface area contributed by atoms with E-state index in [2.05, 4.69) is 18.7 Å². The van der Waals surface area contributed by atoms with E-state index in [1.54, 1.807) is 7.11 Å². The van der Waals surface area contributed by atoms with Crippen LogP contribution in [0, 0.1) is 0 Å². The molecule has 5 nitrogen and oxygen atoms in total. The number of rotatable bonds is 4. The van der Waals surface area contributed by atoms with E-state index in [4.69, 9.17) is 14.7 Å². The number of hydrogen-bond acceptors (Lipinski definition) is 5. The summed E-state index contributed by atoms with van der Waals surface area (Å²) in [5.74, 6) is 3.09. The van der Waals surface area contributed by atoms with Crippen molar-refractivity contribution in [3.05, 3.63) is 36.0 Å². The minimum atomic E-state index is 0.315. The van der Waals surface area contributed by atoms with E-state index in [0.717, 1.165) is 41.7 Å². The molecule has 1 saturated heterocycles. The van der Waals surface area contributed by atoms with Gasteiger partial charge in [0.2, 0.25) is 0 Å². The number of hydrogen-bond donors (Lipinski definition) is 0. The third kappa shape index (κ3) is 3.55. The highest BCUT2D eigenvalue weighted by Crippen LogP contribution is 2.26. The Morgan fingerprint density at radius 2 is 1.75 bits per heavy atom. The van der Waals surface area contributed by atoms with E-state index in [0.29, 0.717) is 24.5 Å². The highest BCUT2D eigenvalue weighted by atomic mass is 16.5. The van der Waals surface area contributed by atoms with Gasteiger partial charge in [0, 0.05) is 43.3 Å². The molecule has 0 amide bonds. The Morgan fingerprint density at radius 3 is 2.33 bits per heavy atom. The Bertz CT molecular complexity index is 716. The predicted molar refractivity (Wildman–Crippen MR) is 94.6 cm³/mol. The number of benzene rings is 1. The van der Waals surface area contributed by atoms with Gasteiger partial charge in [0.15, 0.2) is 5.82 Å². The summed E-state index contributed by atoms with van der Waals surface area (Å²) in [5.41, 5.74) is 1.98. The van der Waals surface area contributed by atoms with Crippen LogP contribution in [-0.4, -0.2) is 36.0 Å². The molecule has 0 atom stereocenters. The highest BCUT2D eigenvalue weighted by molar-refractivity contribution is 5.80. The number of carbonyl (C=O) groups is 1. The first-order valence-electron chi connectivity index (χ1n) is 8.37. The van der Waals surface area contributed by atoms with Crippen LogP contribution in [0.25, 0.3) is 11.4 Å². The number of anilines is 1. The maximum atomic E-state index is 11.5. The molecule has 126 valence electrons. The van der Waals surface area contributed by atoms with Crippen molar-refractivity contribution in [1.82, 2.24) is 9.97 Å². The molecule has 0 N–H and O–H groups in total. The Hall–Kier alpha value is -2.43. The number of piperidine rings is 1. The molecule has 24 heavy (non-hydrogen) atoms. The van der Waals surface area contributed by atoms with Crippen molar-refractivity contribution in [2.75, 3.05) is 25.1 Å². The minimum Gasteiger partial charge on any atom is -0.497 e. The second-order valence-electron chi connectivity index (χ2n) is 6.38. The minimum absolute atomic E-state index is 0.315. The molecule has 0 spiro atoms. The van der Waals surface area contributed by atoms with Crippen LogP contribution in [0.15, 0.2) is 30.3 Å². The summed E-state index contributed by atoms with van der Waals surface area (Å²) >= 11 is 0. The van der Waals surface area contributed by atoms with Crippen LogP contribution in [0.5, 0.6) is 5.75 Å². The van der Waals surface area contributed by atoms with Gasteiger partial charge in [-0.1, -0.05) is 13.8 Å². The molecular weight excluding hydrogens is 302 g/mol. The topological polar surface area (TPSA) is 55.3 Å². The number of ether oxygens (including phenoxy) is 1. The third-order valence-corrected chi connectivity index (χ3v) is 4.32.